The molecule has 1 fully saturated rings. The second-order valence-corrected chi connectivity index (χ2v) is 7.57. The van der Waals surface area contributed by atoms with Gasteiger partial charge >= 0.3 is 6.03 Å². The van der Waals surface area contributed by atoms with Gasteiger partial charge in [-0.25, -0.2) is 9.78 Å². The van der Waals surface area contributed by atoms with E-state index in [1.165, 1.54) is 6.20 Å². The minimum absolute atomic E-state index is 0.309. The molecule has 10 nitrogen and oxygen atoms in total. The van der Waals surface area contributed by atoms with Crippen LogP contribution in [0.5, 0.6) is 5.75 Å². The van der Waals surface area contributed by atoms with Crippen LogP contribution in [0, 0.1) is 0 Å². The molecule has 0 aliphatic carbocycles. The summed E-state index contributed by atoms with van der Waals surface area (Å²) in [7, 11) is 1.61. The molecule has 0 unspecified atom stereocenters. The third-order valence-electron chi connectivity index (χ3n) is 4.99. The highest BCUT2D eigenvalue weighted by Crippen LogP contribution is 2.33. The minimum Gasteiger partial charge on any atom is -0.494 e. The van der Waals surface area contributed by atoms with Crippen LogP contribution >= 0.6 is 11.6 Å². The van der Waals surface area contributed by atoms with Crippen LogP contribution < -0.4 is 31.3 Å². The lowest BCUT2D eigenvalue weighted by molar-refractivity contribution is 0.122. The Balaban J connectivity index is 1.55. The van der Waals surface area contributed by atoms with Crippen LogP contribution in [0.4, 0.5) is 39.3 Å². The summed E-state index contributed by atoms with van der Waals surface area (Å²) in [6.07, 6.45) is 1.48. The number of primary amides is 1. The number of ether oxygens (including phenoxy) is 2. The van der Waals surface area contributed by atoms with Gasteiger partial charge in [0.2, 0.25) is 5.95 Å². The minimum atomic E-state index is -0.673. The third-order valence-corrected chi connectivity index (χ3v) is 5.27. The zero-order valence-corrected chi connectivity index (χ0v) is 18.7. The SMILES string of the molecule is COc1cc(N2CCOCC2)ccc1Nc1ncc(Cl)c(Nc2ccccc2NC(N)=O)n1. The van der Waals surface area contributed by atoms with Gasteiger partial charge in [0.05, 0.1) is 43.6 Å². The number of rotatable bonds is 7. The van der Waals surface area contributed by atoms with Crippen molar-refractivity contribution in [2.24, 2.45) is 5.73 Å². The summed E-state index contributed by atoms with van der Waals surface area (Å²) in [4.78, 5) is 22.3. The molecule has 4 rings (SSSR count). The standard InChI is InChI=1S/C22H24ClN7O3/c1-32-19-12-14(30-8-10-33-11-9-30)6-7-18(19)28-22-25-13-15(23)20(29-22)26-16-4-2-3-5-17(16)27-21(24)31/h2-7,12-13H,8-11H2,1H3,(H3,24,27,31)(H2,25,26,28,29). The van der Waals surface area contributed by atoms with E-state index >= 15 is 0 Å². The number of carbonyl (C=O) groups is 1. The highest BCUT2D eigenvalue weighted by Gasteiger charge is 2.15. The molecule has 2 aromatic carbocycles. The molecule has 0 radical (unpaired) electrons. The second-order valence-electron chi connectivity index (χ2n) is 7.16. The predicted octanol–water partition coefficient (Wildman–Crippen LogP) is 3.95. The molecule has 2 heterocycles. The summed E-state index contributed by atoms with van der Waals surface area (Å²) in [5.74, 6) is 1.33. The number of methoxy groups -OCH3 is 1. The van der Waals surface area contributed by atoms with Gasteiger partial charge in [-0.2, -0.15) is 4.98 Å². The number of benzene rings is 2. The molecule has 0 spiro atoms. The lowest BCUT2D eigenvalue weighted by atomic mass is 10.2. The lowest BCUT2D eigenvalue weighted by Crippen LogP contribution is -2.36. The Morgan fingerprint density at radius 3 is 2.61 bits per heavy atom. The van der Waals surface area contributed by atoms with Crippen molar-refractivity contribution in [3.05, 3.63) is 53.7 Å². The maximum absolute atomic E-state index is 11.3. The van der Waals surface area contributed by atoms with E-state index < -0.39 is 6.03 Å². The Hall–Kier alpha value is -3.76. The Morgan fingerprint density at radius 2 is 1.88 bits per heavy atom. The zero-order chi connectivity index (χ0) is 23.2. The Labute approximate surface area is 196 Å². The number of nitrogens with two attached hydrogens (primary N) is 1. The molecule has 1 aliphatic rings. The number of halogens is 1. The van der Waals surface area contributed by atoms with Crippen LogP contribution in [0.15, 0.2) is 48.7 Å². The average molecular weight is 470 g/mol. The summed E-state index contributed by atoms with van der Waals surface area (Å²) in [5.41, 5.74) is 8.09. The van der Waals surface area contributed by atoms with E-state index in [2.05, 4.69) is 30.8 Å². The number of nitrogens with one attached hydrogen (secondary N) is 3. The first-order chi connectivity index (χ1) is 16.0. The predicted molar refractivity (Wildman–Crippen MR) is 129 cm³/mol. The Morgan fingerprint density at radius 1 is 1.12 bits per heavy atom. The first-order valence-corrected chi connectivity index (χ1v) is 10.6. The van der Waals surface area contributed by atoms with Crippen molar-refractivity contribution in [1.29, 1.82) is 0 Å². The summed E-state index contributed by atoms with van der Waals surface area (Å²) >= 11 is 6.30. The Bertz CT molecular complexity index is 1140. The number of aromatic nitrogens is 2. The summed E-state index contributed by atoms with van der Waals surface area (Å²) < 4.78 is 11.0. The van der Waals surface area contributed by atoms with Crippen molar-refractivity contribution in [2.75, 3.05) is 54.3 Å². The van der Waals surface area contributed by atoms with Gasteiger partial charge < -0.3 is 36.1 Å². The molecular formula is C22H24ClN7O3. The fourth-order valence-corrected chi connectivity index (χ4v) is 3.54. The highest BCUT2D eigenvalue weighted by atomic mass is 35.5. The van der Waals surface area contributed by atoms with Crippen molar-refractivity contribution in [3.63, 3.8) is 0 Å². The van der Waals surface area contributed by atoms with Crippen LogP contribution in [0.3, 0.4) is 0 Å². The van der Waals surface area contributed by atoms with Crippen LogP contribution in [-0.4, -0.2) is 49.4 Å². The third kappa shape index (κ3) is 5.54. The molecule has 5 N–H and O–H groups in total. The van der Waals surface area contributed by atoms with Gasteiger partial charge in [-0.15, -0.1) is 0 Å². The number of amides is 2. The van der Waals surface area contributed by atoms with Crippen LogP contribution in [0.2, 0.25) is 5.02 Å². The molecule has 1 saturated heterocycles. The number of morpholine rings is 1. The van der Waals surface area contributed by atoms with E-state index in [0.29, 0.717) is 52.8 Å². The molecule has 0 bridgehead atoms. The molecule has 1 aliphatic heterocycles. The van der Waals surface area contributed by atoms with E-state index in [4.69, 9.17) is 26.8 Å². The maximum Gasteiger partial charge on any atom is 0.316 e. The number of hydrogen-bond acceptors (Lipinski definition) is 8. The van der Waals surface area contributed by atoms with Gasteiger partial charge in [0.15, 0.2) is 5.82 Å². The largest absolute Gasteiger partial charge is 0.494 e. The fourth-order valence-electron chi connectivity index (χ4n) is 3.40. The zero-order valence-electron chi connectivity index (χ0n) is 18.0. The molecule has 172 valence electrons. The number of hydrogen-bond donors (Lipinski definition) is 4. The van der Waals surface area contributed by atoms with Crippen molar-refractivity contribution < 1.29 is 14.3 Å². The normalized spacial score (nSPS) is 13.3. The van der Waals surface area contributed by atoms with Crippen LogP contribution in [0.1, 0.15) is 0 Å². The molecule has 11 heteroatoms. The number of para-hydroxylation sites is 2. The molecule has 33 heavy (non-hydrogen) atoms. The topological polar surface area (TPSA) is 127 Å². The lowest BCUT2D eigenvalue weighted by Gasteiger charge is -2.29. The average Bonchev–Trinajstić information content (AvgIpc) is 2.83. The fraction of sp³-hybridized carbons (Fsp3) is 0.227. The van der Waals surface area contributed by atoms with Crippen LogP contribution in [-0.2, 0) is 4.74 Å². The number of nitrogens with zero attached hydrogens (tertiary/aromatic N) is 3. The number of urea groups is 1. The van der Waals surface area contributed by atoms with Gasteiger partial charge in [-0.3, -0.25) is 0 Å². The van der Waals surface area contributed by atoms with E-state index in [1.54, 1.807) is 25.3 Å². The molecule has 3 aromatic rings. The summed E-state index contributed by atoms with van der Waals surface area (Å²) in [5, 5.41) is 9.16. The van der Waals surface area contributed by atoms with Crippen molar-refractivity contribution >= 4 is 52.1 Å². The van der Waals surface area contributed by atoms with Gasteiger partial charge in [-0.1, -0.05) is 23.7 Å². The second kappa shape index (κ2) is 10.2. The first kappa shape index (κ1) is 22.4. The number of carbonyl (C=O) groups excluding carboxylic acids is 1. The van der Waals surface area contributed by atoms with E-state index in [-0.39, 0.29) is 0 Å². The van der Waals surface area contributed by atoms with E-state index in [9.17, 15) is 4.79 Å². The van der Waals surface area contributed by atoms with Crippen molar-refractivity contribution in [2.45, 2.75) is 0 Å². The number of anilines is 6. The highest BCUT2D eigenvalue weighted by molar-refractivity contribution is 6.33. The van der Waals surface area contributed by atoms with Crippen molar-refractivity contribution in [3.8, 4) is 5.75 Å². The van der Waals surface area contributed by atoms with Gasteiger partial charge in [-0.05, 0) is 24.3 Å². The molecule has 0 saturated carbocycles. The van der Waals surface area contributed by atoms with Crippen LogP contribution in [0.25, 0.3) is 0 Å². The van der Waals surface area contributed by atoms with Gasteiger partial charge in [0.25, 0.3) is 0 Å². The molecule has 1 aromatic heterocycles. The molecule has 0 atom stereocenters. The quantitative estimate of drug-likeness (QED) is 0.409. The summed E-state index contributed by atoms with van der Waals surface area (Å²) in [6, 6.07) is 12.3. The summed E-state index contributed by atoms with van der Waals surface area (Å²) in [6.45, 7) is 3.07. The molecule has 2 amide bonds. The van der Waals surface area contributed by atoms with Gasteiger partial charge in [0.1, 0.15) is 10.8 Å². The van der Waals surface area contributed by atoms with Gasteiger partial charge in [0, 0.05) is 24.8 Å². The molecular weight excluding hydrogens is 446 g/mol. The first-order valence-electron chi connectivity index (χ1n) is 10.3. The Kier molecular flexibility index (Phi) is 6.96. The smallest absolute Gasteiger partial charge is 0.316 e. The van der Waals surface area contributed by atoms with E-state index in [1.807, 2.05) is 24.3 Å². The van der Waals surface area contributed by atoms with Crippen molar-refractivity contribution in [1.82, 2.24) is 9.97 Å². The van der Waals surface area contributed by atoms with E-state index in [0.717, 1.165) is 18.8 Å². The monoisotopic (exact) mass is 469 g/mol. The maximum atomic E-state index is 11.3.